The fourth-order valence-electron chi connectivity index (χ4n) is 3.31. The summed E-state index contributed by atoms with van der Waals surface area (Å²) in [7, 11) is 0. The Morgan fingerprint density at radius 1 is 1.42 bits per heavy atom. The number of nitrogens with one attached hydrogen (secondary N) is 1. The second-order valence-corrected chi connectivity index (χ2v) is 6.91. The van der Waals surface area contributed by atoms with Gasteiger partial charge in [-0.05, 0) is 43.9 Å². The van der Waals surface area contributed by atoms with Crippen LogP contribution in [-0.4, -0.2) is 42.4 Å². The van der Waals surface area contributed by atoms with Crippen molar-refractivity contribution in [1.82, 2.24) is 4.90 Å². The van der Waals surface area contributed by atoms with Gasteiger partial charge in [0.15, 0.2) is 0 Å². The summed E-state index contributed by atoms with van der Waals surface area (Å²) in [5.74, 6) is 2.41. The van der Waals surface area contributed by atoms with E-state index < -0.39 is 6.04 Å². The van der Waals surface area contributed by atoms with E-state index in [1.807, 2.05) is 17.0 Å². The predicted molar refractivity (Wildman–Crippen MR) is 106 cm³/mol. The molecule has 1 aliphatic heterocycles. The van der Waals surface area contributed by atoms with Crippen molar-refractivity contribution in [3.05, 3.63) is 23.2 Å². The number of carbonyl (C=O) groups excluding carboxylic acids is 2. The van der Waals surface area contributed by atoms with Crippen LogP contribution in [0.2, 0.25) is 5.02 Å². The summed E-state index contributed by atoms with van der Waals surface area (Å²) in [4.78, 5) is 28.1. The first kappa shape index (κ1) is 20.1. The average Bonchev–Trinajstić information content (AvgIpc) is 2.61. The van der Waals surface area contributed by atoms with E-state index in [1.165, 1.54) is 6.92 Å². The van der Waals surface area contributed by atoms with Gasteiger partial charge in [0, 0.05) is 25.7 Å². The standard InChI is InChI=1S/C20H26ClN3O2/c1-4-11-23(12-5-2)18-10-9-16(14-17(18)21)22-20(26)19-8-6-7-13-24(19)15(3)25/h1,9-10,14,19H,5-8,11-13H2,2-3H3,(H,22,26)/t19-/m1/s1. The topological polar surface area (TPSA) is 52.7 Å². The normalized spacial score (nSPS) is 16.7. The number of benzene rings is 1. The number of piperidine rings is 1. The highest BCUT2D eigenvalue weighted by Crippen LogP contribution is 2.29. The summed E-state index contributed by atoms with van der Waals surface area (Å²) in [6, 6.07) is 5.00. The molecule has 1 heterocycles. The number of carbonyl (C=O) groups is 2. The van der Waals surface area contributed by atoms with Crippen LogP contribution in [0.15, 0.2) is 18.2 Å². The summed E-state index contributed by atoms with van der Waals surface area (Å²) in [6.45, 7) is 5.51. The second kappa shape index (κ2) is 9.49. The molecule has 2 amide bonds. The Hall–Kier alpha value is -2.19. The summed E-state index contributed by atoms with van der Waals surface area (Å²) < 4.78 is 0. The monoisotopic (exact) mass is 375 g/mol. The van der Waals surface area contributed by atoms with E-state index in [4.69, 9.17) is 18.0 Å². The fraction of sp³-hybridized carbons (Fsp3) is 0.500. The van der Waals surface area contributed by atoms with Crippen molar-refractivity contribution in [2.24, 2.45) is 0 Å². The fourth-order valence-corrected chi connectivity index (χ4v) is 3.61. The molecule has 0 saturated carbocycles. The predicted octanol–water partition coefficient (Wildman–Crippen LogP) is 3.53. The first-order valence-electron chi connectivity index (χ1n) is 9.04. The molecule has 2 rings (SSSR count). The minimum absolute atomic E-state index is 0.0669. The van der Waals surface area contributed by atoms with Crippen LogP contribution < -0.4 is 10.2 Å². The molecule has 1 fully saturated rings. The molecule has 0 unspecified atom stereocenters. The van der Waals surface area contributed by atoms with Gasteiger partial charge in [0.1, 0.15) is 6.04 Å². The molecule has 6 heteroatoms. The Labute approximate surface area is 160 Å². The molecular formula is C20H26ClN3O2. The van der Waals surface area contributed by atoms with Crippen LogP contribution in [0.25, 0.3) is 0 Å². The highest BCUT2D eigenvalue weighted by molar-refractivity contribution is 6.33. The smallest absolute Gasteiger partial charge is 0.247 e. The van der Waals surface area contributed by atoms with Gasteiger partial charge in [-0.15, -0.1) is 6.42 Å². The molecule has 1 saturated heterocycles. The number of amides is 2. The van der Waals surface area contributed by atoms with Crippen LogP contribution in [0.1, 0.15) is 39.5 Å². The average molecular weight is 376 g/mol. The molecular weight excluding hydrogens is 350 g/mol. The lowest BCUT2D eigenvalue weighted by molar-refractivity contribution is -0.138. The number of anilines is 2. The van der Waals surface area contributed by atoms with Crippen LogP contribution in [-0.2, 0) is 9.59 Å². The lowest BCUT2D eigenvalue weighted by Crippen LogP contribution is -2.49. The Bertz CT molecular complexity index is 699. The maximum Gasteiger partial charge on any atom is 0.247 e. The van der Waals surface area contributed by atoms with E-state index in [9.17, 15) is 9.59 Å². The van der Waals surface area contributed by atoms with Gasteiger partial charge in [-0.3, -0.25) is 9.59 Å². The molecule has 0 bridgehead atoms. The molecule has 0 aromatic heterocycles. The summed E-state index contributed by atoms with van der Waals surface area (Å²) >= 11 is 6.42. The molecule has 1 atom stereocenters. The lowest BCUT2D eigenvalue weighted by Gasteiger charge is -2.34. The van der Waals surface area contributed by atoms with E-state index >= 15 is 0 Å². The van der Waals surface area contributed by atoms with Crippen LogP contribution in [0.4, 0.5) is 11.4 Å². The Kier molecular flexibility index (Phi) is 7.35. The third kappa shape index (κ3) is 4.92. The lowest BCUT2D eigenvalue weighted by atomic mass is 10.0. The summed E-state index contributed by atoms with van der Waals surface area (Å²) in [5.41, 5.74) is 1.47. The summed E-state index contributed by atoms with van der Waals surface area (Å²) in [6.07, 6.45) is 8.96. The molecule has 1 aliphatic rings. The number of rotatable bonds is 6. The van der Waals surface area contributed by atoms with Crippen molar-refractivity contribution >= 4 is 34.8 Å². The van der Waals surface area contributed by atoms with Gasteiger partial charge in [-0.2, -0.15) is 0 Å². The highest BCUT2D eigenvalue weighted by Gasteiger charge is 2.30. The minimum atomic E-state index is -0.419. The Morgan fingerprint density at radius 2 is 2.19 bits per heavy atom. The molecule has 26 heavy (non-hydrogen) atoms. The number of hydrogen-bond donors (Lipinski definition) is 1. The Balaban J connectivity index is 2.12. The zero-order chi connectivity index (χ0) is 19.1. The van der Waals surface area contributed by atoms with Crippen molar-refractivity contribution in [1.29, 1.82) is 0 Å². The molecule has 1 N–H and O–H groups in total. The van der Waals surface area contributed by atoms with Gasteiger partial charge >= 0.3 is 0 Å². The van der Waals surface area contributed by atoms with E-state index in [2.05, 4.69) is 18.2 Å². The van der Waals surface area contributed by atoms with Crippen LogP contribution in [0.5, 0.6) is 0 Å². The number of halogens is 1. The first-order chi connectivity index (χ1) is 12.5. The molecule has 0 aliphatic carbocycles. The van der Waals surface area contributed by atoms with Crippen molar-refractivity contribution in [2.45, 2.75) is 45.6 Å². The molecule has 1 aromatic rings. The van der Waals surface area contributed by atoms with E-state index in [0.29, 0.717) is 30.2 Å². The van der Waals surface area contributed by atoms with Crippen molar-refractivity contribution < 1.29 is 9.59 Å². The van der Waals surface area contributed by atoms with Gasteiger partial charge in [0.05, 0.1) is 17.3 Å². The minimum Gasteiger partial charge on any atom is -0.359 e. The van der Waals surface area contributed by atoms with Gasteiger partial charge < -0.3 is 15.1 Å². The Morgan fingerprint density at radius 3 is 2.81 bits per heavy atom. The van der Waals surface area contributed by atoms with Gasteiger partial charge in [-0.25, -0.2) is 0 Å². The largest absolute Gasteiger partial charge is 0.359 e. The molecule has 140 valence electrons. The molecule has 1 aromatic carbocycles. The third-order valence-corrected chi connectivity index (χ3v) is 4.84. The SMILES string of the molecule is C#CCN(CCC)c1ccc(NC(=O)[C@H]2CCCCN2C(C)=O)cc1Cl. The third-order valence-electron chi connectivity index (χ3n) is 4.54. The van der Waals surface area contributed by atoms with Gasteiger partial charge in [-0.1, -0.05) is 24.4 Å². The van der Waals surface area contributed by atoms with Gasteiger partial charge in [0.2, 0.25) is 11.8 Å². The zero-order valence-electron chi connectivity index (χ0n) is 15.4. The van der Waals surface area contributed by atoms with Crippen molar-refractivity contribution in [3.63, 3.8) is 0 Å². The second-order valence-electron chi connectivity index (χ2n) is 6.51. The number of nitrogens with zero attached hydrogens (tertiary/aromatic N) is 2. The van der Waals surface area contributed by atoms with Crippen LogP contribution in [0.3, 0.4) is 0 Å². The van der Waals surface area contributed by atoms with E-state index in [0.717, 1.165) is 31.5 Å². The van der Waals surface area contributed by atoms with Crippen molar-refractivity contribution in [2.75, 3.05) is 29.9 Å². The molecule has 5 nitrogen and oxygen atoms in total. The molecule has 0 radical (unpaired) electrons. The quantitative estimate of drug-likeness (QED) is 0.774. The van der Waals surface area contributed by atoms with E-state index in [-0.39, 0.29) is 11.8 Å². The van der Waals surface area contributed by atoms with Crippen LogP contribution >= 0.6 is 11.6 Å². The molecule has 0 spiro atoms. The van der Waals surface area contributed by atoms with Gasteiger partial charge in [0.25, 0.3) is 0 Å². The first-order valence-corrected chi connectivity index (χ1v) is 9.41. The zero-order valence-corrected chi connectivity index (χ0v) is 16.2. The maximum absolute atomic E-state index is 12.6. The number of terminal acetylenes is 1. The number of likely N-dealkylation sites (tertiary alicyclic amines) is 1. The number of hydrogen-bond acceptors (Lipinski definition) is 3. The van der Waals surface area contributed by atoms with Crippen molar-refractivity contribution in [3.8, 4) is 12.3 Å². The maximum atomic E-state index is 12.6. The highest BCUT2D eigenvalue weighted by atomic mass is 35.5. The summed E-state index contributed by atoms with van der Waals surface area (Å²) in [5, 5.41) is 3.43. The van der Waals surface area contributed by atoms with E-state index in [1.54, 1.807) is 11.0 Å². The van der Waals surface area contributed by atoms with Crippen LogP contribution in [0, 0.1) is 12.3 Å².